The van der Waals surface area contributed by atoms with E-state index >= 15 is 0 Å². The molecule has 1 aliphatic heterocycles. The van der Waals surface area contributed by atoms with Crippen LogP contribution in [0.5, 0.6) is 0 Å². The molecule has 1 heterocycles. The average molecular weight is 300 g/mol. The molecular weight excluding hydrogens is 272 g/mol. The van der Waals surface area contributed by atoms with Crippen molar-refractivity contribution in [2.45, 2.75) is 64.4 Å². The van der Waals surface area contributed by atoms with Crippen LogP contribution in [0, 0.1) is 11.3 Å². The van der Waals surface area contributed by atoms with Gasteiger partial charge in [0.05, 0.1) is 18.3 Å². The number of carbonyl (C=O) groups excluding carboxylic acids is 1. The molecule has 0 unspecified atom stereocenters. The predicted octanol–water partition coefficient (Wildman–Crippen LogP) is 2.52. The predicted molar refractivity (Wildman–Crippen MR) is 77.8 cm³/mol. The lowest BCUT2D eigenvalue weighted by Crippen LogP contribution is -2.63. The molecule has 2 fully saturated rings. The lowest BCUT2D eigenvalue weighted by Gasteiger charge is -2.58. The summed E-state index contributed by atoms with van der Waals surface area (Å²) in [6.45, 7) is 8.89. The van der Waals surface area contributed by atoms with E-state index in [1.54, 1.807) is 7.11 Å². The molecule has 0 aromatic carbocycles. The van der Waals surface area contributed by atoms with Crippen LogP contribution < -0.4 is 0 Å². The Morgan fingerprint density at radius 1 is 1.29 bits per heavy atom. The Balaban J connectivity index is 2.26. The average Bonchev–Trinajstić information content (AvgIpc) is 2.41. The van der Waals surface area contributed by atoms with Gasteiger partial charge in [0.15, 0.2) is 5.79 Å². The van der Waals surface area contributed by atoms with Crippen LogP contribution in [-0.4, -0.2) is 44.3 Å². The van der Waals surface area contributed by atoms with Crippen molar-refractivity contribution in [3.05, 3.63) is 0 Å². The molecule has 0 spiro atoms. The van der Waals surface area contributed by atoms with Gasteiger partial charge < -0.3 is 23.7 Å². The number of carbonyl (C=O) groups is 1. The van der Waals surface area contributed by atoms with Gasteiger partial charge in [-0.2, -0.15) is 0 Å². The van der Waals surface area contributed by atoms with Gasteiger partial charge in [0.1, 0.15) is 13.1 Å². The van der Waals surface area contributed by atoms with Crippen molar-refractivity contribution < 1.29 is 23.7 Å². The molecule has 0 aromatic heterocycles. The summed E-state index contributed by atoms with van der Waals surface area (Å²) in [6.07, 6.45) is 3.28. The number of aldehydes is 1. The molecule has 4 atom stereocenters. The van der Waals surface area contributed by atoms with E-state index in [4.69, 9.17) is 18.9 Å². The lowest BCUT2D eigenvalue weighted by atomic mass is 9.56. The second kappa shape index (κ2) is 5.95. The van der Waals surface area contributed by atoms with Gasteiger partial charge >= 0.3 is 0 Å². The summed E-state index contributed by atoms with van der Waals surface area (Å²) in [6, 6.07) is 0. The minimum atomic E-state index is -0.551. The van der Waals surface area contributed by atoms with Crippen molar-refractivity contribution in [1.82, 2.24) is 0 Å². The van der Waals surface area contributed by atoms with Crippen molar-refractivity contribution in [2.24, 2.45) is 11.3 Å². The normalized spacial score (nSPS) is 42.3. The molecular formula is C16H28O5. The summed E-state index contributed by atoms with van der Waals surface area (Å²) in [5.41, 5.74) is -0.744. The van der Waals surface area contributed by atoms with Gasteiger partial charge in [-0.1, -0.05) is 6.92 Å². The fourth-order valence-corrected chi connectivity index (χ4v) is 3.79. The minimum absolute atomic E-state index is 0.109. The summed E-state index contributed by atoms with van der Waals surface area (Å²) < 4.78 is 23.0. The van der Waals surface area contributed by atoms with E-state index in [-0.39, 0.29) is 24.2 Å². The third kappa shape index (κ3) is 3.02. The maximum Gasteiger partial charge on any atom is 0.163 e. The van der Waals surface area contributed by atoms with Crippen molar-refractivity contribution >= 4 is 6.29 Å². The van der Waals surface area contributed by atoms with Crippen molar-refractivity contribution in [3.63, 3.8) is 0 Å². The maximum absolute atomic E-state index is 11.3. The second-order valence-electron chi connectivity index (χ2n) is 7.08. The number of methoxy groups -OCH3 is 1. The third-order valence-corrected chi connectivity index (χ3v) is 5.43. The highest BCUT2D eigenvalue weighted by atomic mass is 16.7. The van der Waals surface area contributed by atoms with E-state index in [9.17, 15) is 4.79 Å². The fourth-order valence-electron chi connectivity index (χ4n) is 3.79. The highest BCUT2D eigenvalue weighted by Gasteiger charge is 2.58. The van der Waals surface area contributed by atoms with Gasteiger partial charge in [-0.25, -0.2) is 0 Å². The second-order valence-corrected chi connectivity index (χ2v) is 7.08. The Morgan fingerprint density at radius 3 is 2.62 bits per heavy atom. The molecule has 5 heteroatoms. The number of hydrogen-bond acceptors (Lipinski definition) is 5. The molecule has 0 amide bonds. The Kier molecular flexibility index (Phi) is 4.78. The highest BCUT2D eigenvalue weighted by Crippen LogP contribution is 2.54. The van der Waals surface area contributed by atoms with Gasteiger partial charge in [0.25, 0.3) is 0 Å². The smallest absolute Gasteiger partial charge is 0.163 e. The largest absolute Gasteiger partial charge is 0.359 e. The summed E-state index contributed by atoms with van der Waals surface area (Å²) >= 11 is 0. The first-order chi connectivity index (χ1) is 9.78. The molecule has 0 N–H and O–H groups in total. The zero-order valence-corrected chi connectivity index (χ0v) is 13.8. The molecule has 122 valence electrons. The van der Waals surface area contributed by atoms with Crippen LogP contribution in [0.15, 0.2) is 0 Å². The molecule has 2 aliphatic rings. The molecule has 0 bridgehead atoms. The van der Waals surface area contributed by atoms with Crippen molar-refractivity contribution in [3.8, 4) is 0 Å². The van der Waals surface area contributed by atoms with Gasteiger partial charge in [0, 0.05) is 24.9 Å². The van der Waals surface area contributed by atoms with Gasteiger partial charge in [-0.15, -0.1) is 0 Å². The number of hydrogen-bond donors (Lipinski definition) is 0. The maximum atomic E-state index is 11.3. The van der Waals surface area contributed by atoms with Gasteiger partial charge in [-0.3, -0.25) is 0 Å². The monoisotopic (exact) mass is 300 g/mol. The summed E-state index contributed by atoms with van der Waals surface area (Å²) in [4.78, 5) is 11.3. The molecule has 1 aliphatic carbocycles. The minimum Gasteiger partial charge on any atom is -0.359 e. The molecule has 2 rings (SSSR count). The summed E-state index contributed by atoms with van der Waals surface area (Å²) in [5, 5.41) is 0. The van der Waals surface area contributed by atoms with Crippen LogP contribution in [-0.2, 0) is 23.7 Å². The van der Waals surface area contributed by atoms with Crippen LogP contribution in [0.2, 0.25) is 0 Å². The van der Waals surface area contributed by atoms with Gasteiger partial charge in [0.2, 0.25) is 0 Å². The van der Waals surface area contributed by atoms with Crippen LogP contribution >= 0.6 is 0 Å². The van der Waals surface area contributed by atoms with Crippen LogP contribution in [0.1, 0.15) is 47.0 Å². The van der Waals surface area contributed by atoms with Gasteiger partial charge in [-0.05, 0) is 33.6 Å². The molecule has 21 heavy (non-hydrogen) atoms. The fraction of sp³-hybridized carbons (Fsp3) is 0.938. The van der Waals surface area contributed by atoms with E-state index < -0.39 is 11.4 Å². The highest BCUT2D eigenvalue weighted by molar-refractivity contribution is 5.51. The number of fused-ring (bicyclic) bond motifs is 1. The van der Waals surface area contributed by atoms with Crippen molar-refractivity contribution in [1.29, 1.82) is 0 Å². The Bertz CT molecular complexity index is 383. The number of ether oxygens (including phenoxy) is 4. The molecule has 0 radical (unpaired) electrons. The van der Waals surface area contributed by atoms with Crippen molar-refractivity contribution in [2.75, 3.05) is 20.5 Å². The SMILES string of the molecule is COCO[C@@]1(C)CC[C@@H]2OC(C)(C)OC[C@@H]2[C@]1(C)CC=O. The topological polar surface area (TPSA) is 54.0 Å². The Hall–Kier alpha value is -0.490. The van der Waals surface area contributed by atoms with E-state index in [1.165, 1.54) is 0 Å². The van der Waals surface area contributed by atoms with Crippen LogP contribution in [0.3, 0.4) is 0 Å². The first-order valence-electron chi connectivity index (χ1n) is 7.66. The zero-order valence-electron chi connectivity index (χ0n) is 13.8. The zero-order chi connectivity index (χ0) is 15.7. The summed E-state index contributed by atoms with van der Waals surface area (Å²) in [7, 11) is 1.61. The first-order valence-corrected chi connectivity index (χ1v) is 7.66. The standard InChI is InChI=1S/C16H28O5/c1-14(2)19-10-12-13(21-14)6-7-16(4,20-11-18-5)15(12,3)8-9-17/h9,12-13H,6-8,10-11H2,1-5H3/t12-,13-,15-,16-/m0/s1. The molecule has 1 saturated carbocycles. The Labute approximate surface area is 127 Å². The molecule has 1 saturated heterocycles. The van der Waals surface area contributed by atoms with Crippen LogP contribution in [0.4, 0.5) is 0 Å². The molecule has 5 nitrogen and oxygen atoms in total. The lowest BCUT2D eigenvalue weighted by molar-refractivity contribution is -0.337. The van der Waals surface area contributed by atoms with E-state index in [0.717, 1.165) is 19.1 Å². The van der Waals surface area contributed by atoms with E-state index in [1.807, 2.05) is 13.8 Å². The van der Waals surface area contributed by atoms with E-state index in [0.29, 0.717) is 13.0 Å². The Morgan fingerprint density at radius 2 is 2.00 bits per heavy atom. The van der Waals surface area contributed by atoms with Crippen LogP contribution in [0.25, 0.3) is 0 Å². The summed E-state index contributed by atoms with van der Waals surface area (Å²) in [5.74, 6) is -0.406. The number of rotatable bonds is 5. The first kappa shape index (κ1) is 16.9. The third-order valence-electron chi connectivity index (χ3n) is 5.43. The quantitative estimate of drug-likeness (QED) is 0.577. The molecule has 0 aromatic rings. The van der Waals surface area contributed by atoms with E-state index in [2.05, 4.69) is 13.8 Å².